The Kier molecular flexibility index (Phi) is 8.56. The molecule has 0 fully saturated rings. The summed E-state index contributed by atoms with van der Waals surface area (Å²) in [6.07, 6.45) is 3.20. The molecule has 142 valence electrons. The molecule has 3 rings (SSSR count). The van der Waals surface area contributed by atoms with Gasteiger partial charge < -0.3 is 15.4 Å². The summed E-state index contributed by atoms with van der Waals surface area (Å²) in [5, 5.41) is 10.6. The minimum atomic E-state index is 0. The van der Waals surface area contributed by atoms with Crippen molar-refractivity contribution >= 4 is 29.9 Å². The van der Waals surface area contributed by atoms with Gasteiger partial charge in [0.25, 0.3) is 0 Å². The zero-order valence-electron chi connectivity index (χ0n) is 15.1. The molecule has 0 saturated heterocycles. The summed E-state index contributed by atoms with van der Waals surface area (Å²) in [5.74, 6) is 1.60. The van der Waals surface area contributed by atoms with E-state index in [1.807, 2.05) is 42.5 Å². The number of ether oxygens (including phenoxy) is 1. The molecule has 0 amide bonds. The number of hydrogen-bond acceptors (Lipinski definition) is 4. The fraction of sp³-hybridized carbons (Fsp3) is 0.211. The first kappa shape index (κ1) is 20.7. The van der Waals surface area contributed by atoms with Crippen LogP contribution in [0.2, 0.25) is 0 Å². The summed E-state index contributed by atoms with van der Waals surface area (Å²) in [7, 11) is 1.75. The fourth-order valence-corrected chi connectivity index (χ4v) is 2.37. The largest absolute Gasteiger partial charge is 0.492 e. The average Bonchev–Trinajstić information content (AvgIpc) is 3.23. The third-order valence-electron chi connectivity index (χ3n) is 3.71. The average molecular weight is 478 g/mol. The van der Waals surface area contributed by atoms with Crippen molar-refractivity contribution in [2.75, 3.05) is 20.2 Å². The molecule has 0 atom stereocenters. The van der Waals surface area contributed by atoms with Gasteiger partial charge >= 0.3 is 0 Å². The lowest BCUT2D eigenvalue weighted by Gasteiger charge is -2.13. The first-order valence-electron chi connectivity index (χ1n) is 8.41. The van der Waals surface area contributed by atoms with Crippen molar-refractivity contribution < 1.29 is 4.74 Å². The lowest BCUT2D eigenvalue weighted by molar-refractivity contribution is 0.322. The minimum Gasteiger partial charge on any atom is -0.492 e. The van der Waals surface area contributed by atoms with Crippen LogP contribution in [0.4, 0.5) is 0 Å². The molecule has 0 spiro atoms. The predicted octanol–water partition coefficient (Wildman–Crippen LogP) is 2.63. The van der Waals surface area contributed by atoms with E-state index in [1.54, 1.807) is 18.1 Å². The molecular weight excluding hydrogens is 455 g/mol. The molecule has 2 N–H and O–H groups in total. The highest BCUT2D eigenvalue weighted by Crippen LogP contribution is 2.08. The van der Waals surface area contributed by atoms with Gasteiger partial charge in [0, 0.05) is 13.6 Å². The Morgan fingerprint density at radius 3 is 2.52 bits per heavy atom. The Balaban J connectivity index is 0.00000261. The number of hydrogen-bond donors (Lipinski definition) is 2. The second-order valence-corrected chi connectivity index (χ2v) is 5.52. The van der Waals surface area contributed by atoms with Crippen LogP contribution >= 0.6 is 24.0 Å². The summed E-state index contributed by atoms with van der Waals surface area (Å²) in [6.45, 7) is 1.91. The van der Waals surface area contributed by atoms with Gasteiger partial charge in [-0.05, 0) is 29.8 Å². The molecule has 0 saturated carbocycles. The van der Waals surface area contributed by atoms with Crippen LogP contribution in [0.15, 0.2) is 72.2 Å². The summed E-state index contributed by atoms with van der Waals surface area (Å²) < 4.78 is 7.38. The lowest BCUT2D eigenvalue weighted by Crippen LogP contribution is -2.38. The van der Waals surface area contributed by atoms with Crippen LogP contribution in [0.25, 0.3) is 5.69 Å². The minimum absolute atomic E-state index is 0. The Morgan fingerprint density at radius 2 is 1.85 bits per heavy atom. The van der Waals surface area contributed by atoms with Crippen LogP contribution in [-0.4, -0.2) is 40.9 Å². The molecule has 27 heavy (non-hydrogen) atoms. The molecule has 0 aliphatic carbocycles. The molecule has 0 unspecified atom stereocenters. The zero-order chi connectivity index (χ0) is 18.0. The van der Waals surface area contributed by atoms with Gasteiger partial charge in [-0.25, -0.2) is 9.67 Å². The number of benzene rings is 2. The van der Waals surface area contributed by atoms with E-state index in [-0.39, 0.29) is 24.0 Å². The van der Waals surface area contributed by atoms with Crippen LogP contribution in [0, 0.1) is 0 Å². The van der Waals surface area contributed by atoms with E-state index in [4.69, 9.17) is 4.74 Å². The summed E-state index contributed by atoms with van der Waals surface area (Å²) in [5.41, 5.74) is 2.13. The second-order valence-electron chi connectivity index (χ2n) is 5.52. The highest BCUT2D eigenvalue weighted by molar-refractivity contribution is 14.0. The Morgan fingerprint density at radius 1 is 1.07 bits per heavy atom. The van der Waals surface area contributed by atoms with E-state index in [0.29, 0.717) is 19.7 Å². The smallest absolute Gasteiger partial charge is 0.191 e. The van der Waals surface area contributed by atoms with E-state index in [0.717, 1.165) is 23.0 Å². The van der Waals surface area contributed by atoms with Crippen LogP contribution < -0.4 is 15.4 Å². The maximum absolute atomic E-state index is 5.65. The highest BCUT2D eigenvalue weighted by atomic mass is 127. The molecule has 0 bridgehead atoms. The van der Waals surface area contributed by atoms with E-state index in [9.17, 15) is 0 Å². The van der Waals surface area contributed by atoms with Gasteiger partial charge in [-0.1, -0.05) is 30.3 Å². The van der Waals surface area contributed by atoms with Gasteiger partial charge in [0.15, 0.2) is 5.96 Å². The van der Waals surface area contributed by atoms with Gasteiger partial charge in [0.2, 0.25) is 0 Å². The standard InChI is InChI=1S/C19H22N6O.HI/c1-20-19(22-11-12-26-18-5-3-2-4-6-18)23-13-16-7-9-17(10-8-16)25-15-21-14-24-25;/h2-10,14-15H,11-13H2,1H3,(H2,20,22,23);1H. The van der Waals surface area contributed by atoms with Crippen molar-refractivity contribution in [2.45, 2.75) is 6.54 Å². The molecule has 7 nitrogen and oxygen atoms in total. The third-order valence-corrected chi connectivity index (χ3v) is 3.71. The monoisotopic (exact) mass is 478 g/mol. The van der Waals surface area contributed by atoms with Crippen LogP contribution in [0.3, 0.4) is 0 Å². The molecule has 2 aromatic carbocycles. The van der Waals surface area contributed by atoms with E-state index in [1.165, 1.54) is 6.33 Å². The number of halogens is 1. The van der Waals surface area contributed by atoms with Crippen molar-refractivity contribution in [2.24, 2.45) is 4.99 Å². The lowest BCUT2D eigenvalue weighted by atomic mass is 10.2. The maximum atomic E-state index is 5.65. The SMILES string of the molecule is CN=C(NCCOc1ccccc1)NCc1ccc(-n2cncn2)cc1.I. The molecule has 0 aliphatic heterocycles. The number of rotatable bonds is 7. The zero-order valence-corrected chi connectivity index (χ0v) is 17.4. The topological polar surface area (TPSA) is 76.4 Å². The molecule has 1 aromatic heterocycles. The number of aliphatic imine (C=N–C) groups is 1. The van der Waals surface area contributed by atoms with Crippen molar-refractivity contribution in [1.82, 2.24) is 25.4 Å². The molecule has 8 heteroatoms. The number of para-hydroxylation sites is 1. The first-order chi connectivity index (χ1) is 12.8. The van der Waals surface area contributed by atoms with Crippen molar-refractivity contribution in [3.05, 3.63) is 72.8 Å². The van der Waals surface area contributed by atoms with E-state index >= 15 is 0 Å². The number of aromatic nitrogens is 3. The van der Waals surface area contributed by atoms with Crippen LogP contribution in [0.5, 0.6) is 5.75 Å². The van der Waals surface area contributed by atoms with Crippen molar-refractivity contribution in [3.63, 3.8) is 0 Å². The number of guanidine groups is 1. The summed E-state index contributed by atoms with van der Waals surface area (Å²) in [6, 6.07) is 17.9. The predicted molar refractivity (Wildman–Crippen MR) is 117 cm³/mol. The van der Waals surface area contributed by atoms with Gasteiger partial charge in [-0.3, -0.25) is 4.99 Å². The molecular formula is C19H23IN6O. The van der Waals surface area contributed by atoms with Crippen molar-refractivity contribution in [3.8, 4) is 11.4 Å². The third kappa shape index (κ3) is 6.55. The normalized spacial score (nSPS) is 10.8. The van der Waals surface area contributed by atoms with Gasteiger partial charge in [0.05, 0.1) is 12.2 Å². The Labute approximate surface area is 175 Å². The summed E-state index contributed by atoms with van der Waals surface area (Å²) in [4.78, 5) is 8.17. The summed E-state index contributed by atoms with van der Waals surface area (Å²) >= 11 is 0. The van der Waals surface area contributed by atoms with Crippen LogP contribution in [-0.2, 0) is 6.54 Å². The second kappa shape index (κ2) is 11.2. The fourth-order valence-electron chi connectivity index (χ4n) is 2.37. The van der Waals surface area contributed by atoms with Crippen LogP contribution in [0.1, 0.15) is 5.56 Å². The number of nitrogens with one attached hydrogen (secondary N) is 2. The van der Waals surface area contributed by atoms with E-state index < -0.39 is 0 Å². The quantitative estimate of drug-likeness (QED) is 0.236. The van der Waals surface area contributed by atoms with Gasteiger partial charge in [-0.15, -0.1) is 24.0 Å². The number of nitrogens with zero attached hydrogens (tertiary/aromatic N) is 4. The molecule has 0 radical (unpaired) electrons. The van der Waals surface area contributed by atoms with Crippen molar-refractivity contribution in [1.29, 1.82) is 0 Å². The molecule has 1 heterocycles. The maximum Gasteiger partial charge on any atom is 0.191 e. The molecule has 3 aromatic rings. The van der Waals surface area contributed by atoms with Gasteiger partial charge in [-0.2, -0.15) is 5.10 Å². The van der Waals surface area contributed by atoms with Gasteiger partial charge in [0.1, 0.15) is 25.0 Å². The molecule has 0 aliphatic rings. The Hall–Kier alpha value is -2.62. The first-order valence-corrected chi connectivity index (χ1v) is 8.41. The van der Waals surface area contributed by atoms with E-state index in [2.05, 4.69) is 37.8 Å². The Bertz CT molecular complexity index is 806. The highest BCUT2D eigenvalue weighted by Gasteiger charge is 2.00.